The molecule has 1 aromatic carbocycles. The van der Waals surface area contributed by atoms with E-state index in [1.165, 1.54) is 31.1 Å². The van der Waals surface area contributed by atoms with Crippen molar-refractivity contribution in [2.75, 3.05) is 47.9 Å². The first-order valence-corrected chi connectivity index (χ1v) is 9.76. The number of rotatable bonds is 10. The molecule has 0 fully saturated rings. The van der Waals surface area contributed by atoms with Crippen LogP contribution in [-0.4, -0.2) is 66.6 Å². The summed E-state index contributed by atoms with van der Waals surface area (Å²) in [5.74, 6) is 0.197. The molecule has 26 heavy (non-hydrogen) atoms. The Bertz CT molecular complexity index is 681. The number of halogens is 2. The number of likely N-dealkylation sites (N-methyl/N-ethyl adjacent to an activating group) is 1. The number of quaternary nitrogens is 1. The Morgan fingerprint density at radius 2 is 1.88 bits per heavy atom. The lowest BCUT2D eigenvalue weighted by Crippen LogP contribution is -3.06. The summed E-state index contributed by atoms with van der Waals surface area (Å²) < 4.78 is 35.8. The summed E-state index contributed by atoms with van der Waals surface area (Å²) in [6.07, 6.45) is 0.770. The minimum absolute atomic E-state index is 0. The van der Waals surface area contributed by atoms with Gasteiger partial charge in [0.2, 0.25) is 10.0 Å². The number of benzene rings is 1. The molecule has 0 radical (unpaired) electrons. The van der Waals surface area contributed by atoms with Gasteiger partial charge in [-0.25, -0.2) is 12.7 Å². The maximum Gasteiger partial charge on any atom is 0.306 e. The third-order valence-electron chi connectivity index (χ3n) is 3.32. The Morgan fingerprint density at radius 3 is 2.42 bits per heavy atom. The molecule has 10 heteroatoms. The van der Waals surface area contributed by atoms with E-state index >= 15 is 0 Å². The molecule has 0 atom stereocenters. The number of nitrogens with zero attached hydrogens (tertiary/aromatic N) is 1. The van der Waals surface area contributed by atoms with Gasteiger partial charge in [-0.1, -0.05) is 11.6 Å². The third kappa shape index (κ3) is 8.09. The van der Waals surface area contributed by atoms with Gasteiger partial charge in [-0.3, -0.25) is 4.79 Å². The Balaban J connectivity index is 0.00000625. The van der Waals surface area contributed by atoms with E-state index in [2.05, 4.69) is 0 Å². The topological polar surface area (TPSA) is 77.3 Å². The minimum Gasteiger partial charge on any atom is -1.00 e. The summed E-state index contributed by atoms with van der Waals surface area (Å²) >= 11 is 6.04. The van der Waals surface area contributed by atoms with Gasteiger partial charge >= 0.3 is 5.97 Å². The third-order valence-corrected chi connectivity index (χ3v) is 5.62. The highest BCUT2D eigenvalue weighted by Gasteiger charge is 2.20. The number of ether oxygens (including phenoxy) is 2. The van der Waals surface area contributed by atoms with Crippen LogP contribution in [0.25, 0.3) is 0 Å². The number of carbonyl (C=O) groups excluding carboxylic acids is 1. The van der Waals surface area contributed by atoms with Crippen molar-refractivity contribution in [2.45, 2.75) is 17.7 Å². The van der Waals surface area contributed by atoms with Crippen molar-refractivity contribution in [2.24, 2.45) is 0 Å². The summed E-state index contributed by atoms with van der Waals surface area (Å²) in [6.45, 7) is 1.48. The molecule has 1 N–H and O–H groups in total. The van der Waals surface area contributed by atoms with E-state index < -0.39 is 10.0 Å². The number of nitrogens with one attached hydrogen (secondary N) is 1. The van der Waals surface area contributed by atoms with Crippen molar-refractivity contribution in [1.82, 2.24) is 4.31 Å². The van der Waals surface area contributed by atoms with Crippen LogP contribution in [0.4, 0.5) is 0 Å². The summed E-state index contributed by atoms with van der Waals surface area (Å²) in [5, 5.41) is 0.0943. The second-order valence-electron chi connectivity index (χ2n) is 6.01. The summed E-state index contributed by atoms with van der Waals surface area (Å²) in [5.41, 5.74) is 0. The molecule has 7 nitrogen and oxygen atoms in total. The second kappa shape index (κ2) is 11.6. The Labute approximate surface area is 166 Å². The quantitative estimate of drug-likeness (QED) is 0.327. The van der Waals surface area contributed by atoms with Crippen LogP contribution in [0.1, 0.15) is 12.8 Å². The first kappa shape index (κ1) is 24.9. The maximum absolute atomic E-state index is 12.1. The largest absolute Gasteiger partial charge is 1.00 e. The molecule has 1 rings (SSSR count). The molecular formula is C16H26Cl2N2O5S. The van der Waals surface area contributed by atoms with Gasteiger partial charge in [0.25, 0.3) is 0 Å². The molecule has 0 unspecified atom stereocenters. The van der Waals surface area contributed by atoms with Gasteiger partial charge in [0.15, 0.2) is 0 Å². The van der Waals surface area contributed by atoms with Crippen molar-refractivity contribution >= 4 is 27.6 Å². The average Bonchev–Trinajstić information content (AvgIpc) is 2.50. The van der Waals surface area contributed by atoms with Crippen LogP contribution in [0.5, 0.6) is 5.75 Å². The lowest BCUT2D eigenvalue weighted by Gasteiger charge is -2.13. The monoisotopic (exact) mass is 428 g/mol. The fourth-order valence-corrected chi connectivity index (χ4v) is 3.23. The van der Waals surface area contributed by atoms with Crippen LogP contribution in [0.2, 0.25) is 5.02 Å². The highest BCUT2D eigenvalue weighted by atomic mass is 35.5. The number of hydrogen-bond donors (Lipinski definition) is 1. The van der Waals surface area contributed by atoms with Gasteiger partial charge in [0, 0.05) is 26.6 Å². The van der Waals surface area contributed by atoms with Crippen molar-refractivity contribution in [1.29, 1.82) is 0 Å². The van der Waals surface area contributed by atoms with Crippen LogP contribution in [0.3, 0.4) is 0 Å². The molecule has 150 valence electrons. The van der Waals surface area contributed by atoms with Gasteiger partial charge < -0.3 is 26.8 Å². The van der Waals surface area contributed by atoms with Crippen LogP contribution in [-0.2, 0) is 19.6 Å². The molecule has 1 aromatic rings. The molecule has 0 aliphatic rings. The lowest BCUT2D eigenvalue weighted by molar-refractivity contribution is -0.858. The molecule has 0 aliphatic heterocycles. The molecule has 0 saturated carbocycles. The average molecular weight is 429 g/mol. The normalized spacial score (nSPS) is 11.3. The summed E-state index contributed by atoms with van der Waals surface area (Å²) in [4.78, 5) is 12.8. The fourth-order valence-electron chi connectivity index (χ4n) is 1.82. The van der Waals surface area contributed by atoms with E-state index in [4.69, 9.17) is 21.1 Å². The summed E-state index contributed by atoms with van der Waals surface area (Å²) in [7, 11) is 3.26. The van der Waals surface area contributed by atoms with Crippen molar-refractivity contribution in [3.63, 3.8) is 0 Å². The molecule has 0 aliphatic carbocycles. The maximum atomic E-state index is 12.1. The van der Waals surface area contributed by atoms with Crippen molar-refractivity contribution in [3.8, 4) is 5.75 Å². The Morgan fingerprint density at radius 1 is 1.23 bits per heavy atom. The molecule has 0 heterocycles. The molecular weight excluding hydrogens is 403 g/mol. The minimum atomic E-state index is -3.59. The Kier molecular flexibility index (Phi) is 11.1. The van der Waals surface area contributed by atoms with Gasteiger partial charge in [-0.05, 0) is 18.6 Å². The van der Waals surface area contributed by atoms with E-state index in [-0.39, 0.29) is 34.7 Å². The van der Waals surface area contributed by atoms with Crippen molar-refractivity contribution in [3.05, 3.63) is 23.2 Å². The number of sulfonamides is 1. The van der Waals surface area contributed by atoms with Gasteiger partial charge in [-0.2, -0.15) is 0 Å². The van der Waals surface area contributed by atoms with Gasteiger partial charge in [0.1, 0.15) is 23.8 Å². The number of esters is 1. The van der Waals surface area contributed by atoms with E-state index in [1.54, 1.807) is 6.07 Å². The van der Waals surface area contributed by atoms with Crippen LogP contribution in [0, 0.1) is 0 Å². The van der Waals surface area contributed by atoms with Gasteiger partial charge in [0.05, 0.1) is 25.7 Å². The first-order valence-electron chi connectivity index (χ1n) is 7.94. The Hall–Kier alpha value is -1.06. The van der Waals surface area contributed by atoms with E-state index in [0.717, 1.165) is 10.8 Å². The second-order valence-corrected chi connectivity index (χ2v) is 8.54. The predicted octanol–water partition coefficient (Wildman–Crippen LogP) is -2.56. The zero-order valence-electron chi connectivity index (χ0n) is 15.4. The van der Waals surface area contributed by atoms with Crippen molar-refractivity contribution < 1.29 is 40.0 Å². The standard InChI is InChI=1S/C16H25ClN2O5S.ClH/c1-18(2)9-11-24-16(20)6-5-10-23-13-7-8-15(14(17)12-13)25(21,22)19(3)4;/h7-8,12H,5-6,9-11H2,1-4H3;1H. The zero-order chi connectivity index (χ0) is 19.0. The lowest BCUT2D eigenvalue weighted by atomic mass is 10.3. The number of hydrogen-bond acceptors (Lipinski definition) is 5. The van der Waals surface area contributed by atoms with Crippen LogP contribution < -0.4 is 22.0 Å². The molecule has 0 spiro atoms. The van der Waals surface area contributed by atoms with E-state index in [1.807, 2.05) is 14.1 Å². The van der Waals surface area contributed by atoms with E-state index in [0.29, 0.717) is 25.4 Å². The van der Waals surface area contributed by atoms with Crippen LogP contribution in [0.15, 0.2) is 23.1 Å². The molecule has 0 bridgehead atoms. The fraction of sp³-hybridized carbons (Fsp3) is 0.562. The predicted molar refractivity (Wildman–Crippen MR) is 95.7 cm³/mol. The zero-order valence-corrected chi connectivity index (χ0v) is 17.7. The molecule has 0 aromatic heterocycles. The summed E-state index contributed by atoms with van der Waals surface area (Å²) in [6, 6.07) is 4.40. The highest BCUT2D eigenvalue weighted by Crippen LogP contribution is 2.27. The van der Waals surface area contributed by atoms with Crippen LogP contribution >= 0.6 is 11.6 Å². The first-order chi connectivity index (χ1) is 11.6. The smallest absolute Gasteiger partial charge is 0.306 e. The van der Waals surface area contributed by atoms with Gasteiger partial charge in [-0.15, -0.1) is 0 Å². The molecule has 0 amide bonds. The number of carbonyl (C=O) groups is 1. The molecule has 0 saturated heterocycles. The SMILES string of the molecule is CN(C)S(=O)(=O)c1ccc(OCCCC(=O)OCC[NH+](C)C)cc1Cl.[Cl-]. The van der Waals surface area contributed by atoms with E-state index in [9.17, 15) is 13.2 Å². The highest BCUT2D eigenvalue weighted by molar-refractivity contribution is 7.89.